The van der Waals surface area contributed by atoms with E-state index >= 15 is 0 Å². The molecule has 2 aromatic carbocycles. The average molecular weight is 549 g/mol. The van der Waals surface area contributed by atoms with E-state index in [1.165, 1.54) is 9.80 Å². The van der Waals surface area contributed by atoms with E-state index in [9.17, 15) is 24.0 Å². The van der Waals surface area contributed by atoms with Gasteiger partial charge >= 0.3 is 0 Å². The fourth-order valence-corrected chi connectivity index (χ4v) is 5.50. The van der Waals surface area contributed by atoms with Crippen LogP contribution in [0.3, 0.4) is 0 Å². The smallest absolute Gasteiger partial charge is 0.243 e. The fraction of sp³-hybridized carbons (Fsp3) is 0.414. The first kappa shape index (κ1) is 28.8. The van der Waals surface area contributed by atoms with Gasteiger partial charge in [-0.15, -0.1) is 0 Å². The number of fused-ring (bicyclic) bond motifs is 1. The molecule has 6 N–H and O–H groups in total. The quantitative estimate of drug-likeness (QED) is 0.309. The number of carbonyl (C=O) groups is 5. The Labute approximate surface area is 233 Å². The highest BCUT2D eigenvalue weighted by atomic mass is 16.2. The lowest BCUT2D eigenvalue weighted by Gasteiger charge is -2.36. The van der Waals surface area contributed by atoms with Gasteiger partial charge in [0.05, 0.1) is 6.04 Å². The van der Waals surface area contributed by atoms with Crippen LogP contribution in [-0.4, -0.2) is 77.1 Å². The molecule has 2 aliphatic rings. The van der Waals surface area contributed by atoms with Gasteiger partial charge in [0.25, 0.3) is 0 Å². The Kier molecular flexibility index (Phi) is 9.49. The third-order valence-electron chi connectivity index (χ3n) is 7.57. The molecule has 2 aliphatic heterocycles. The normalized spacial score (nSPS) is 21.6. The second-order valence-corrected chi connectivity index (χ2v) is 10.3. The van der Waals surface area contributed by atoms with Gasteiger partial charge in [-0.3, -0.25) is 24.0 Å². The van der Waals surface area contributed by atoms with Crippen LogP contribution in [0.5, 0.6) is 0 Å². The highest BCUT2D eigenvalue weighted by Crippen LogP contribution is 2.29. The van der Waals surface area contributed by atoms with E-state index in [0.717, 1.165) is 11.1 Å². The second kappa shape index (κ2) is 13.2. The molecular weight excluding hydrogens is 512 g/mol. The molecule has 2 aromatic rings. The van der Waals surface area contributed by atoms with Gasteiger partial charge < -0.3 is 31.9 Å². The summed E-state index contributed by atoms with van der Waals surface area (Å²) in [6.07, 6.45) is 2.08. The van der Waals surface area contributed by atoms with E-state index in [1.54, 1.807) is 0 Å². The summed E-state index contributed by atoms with van der Waals surface area (Å²) in [6, 6.07) is 15.3. The van der Waals surface area contributed by atoms with Crippen molar-refractivity contribution in [2.75, 3.05) is 13.1 Å². The summed E-state index contributed by atoms with van der Waals surface area (Å²) in [5.41, 5.74) is 13.2. The zero-order valence-electron chi connectivity index (χ0n) is 22.3. The zero-order valence-corrected chi connectivity index (χ0v) is 22.3. The molecule has 4 atom stereocenters. The lowest BCUT2D eigenvalue weighted by atomic mass is 9.98. The number of benzene rings is 2. The largest absolute Gasteiger partial charge is 0.370 e. The van der Waals surface area contributed by atoms with Crippen molar-refractivity contribution in [3.8, 4) is 0 Å². The van der Waals surface area contributed by atoms with Crippen molar-refractivity contribution < 1.29 is 24.0 Å². The number of nitrogens with two attached hydrogens (primary N) is 2. The molecule has 2 fully saturated rings. The third-order valence-corrected chi connectivity index (χ3v) is 7.57. The highest BCUT2D eigenvalue weighted by molar-refractivity contribution is 5.94. The minimum absolute atomic E-state index is 0.00110. The Bertz CT molecular complexity index is 1170. The van der Waals surface area contributed by atoms with Gasteiger partial charge in [0.1, 0.15) is 18.1 Å². The molecule has 0 aromatic heterocycles. The Hall–Kier alpha value is -4.25. The first-order valence-corrected chi connectivity index (χ1v) is 13.5. The Morgan fingerprint density at radius 2 is 1.57 bits per heavy atom. The zero-order chi connectivity index (χ0) is 28.6. The maximum absolute atomic E-state index is 13.6. The fourth-order valence-electron chi connectivity index (χ4n) is 5.50. The minimum atomic E-state index is -1.06. The van der Waals surface area contributed by atoms with E-state index in [4.69, 9.17) is 11.5 Å². The maximum Gasteiger partial charge on any atom is 0.243 e. The van der Waals surface area contributed by atoms with Crippen LogP contribution in [0.25, 0.3) is 0 Å². The van der Waals surface area contributed by atoms with Crippen molar-refractivity contribution in [2.24, 2.45) is 11.5 Å². The number of rotatable bonds is 10. The summed E-state index contributed by atoms with van der Waals surface area (Å²) in [6.45, 7) is 0.508. The molecule has 0 unspecified atom stereocenters. The van der Waals surface area contributed by atoms with E-state index < -0.39 is 47.8 Å². The number of nitrogens with one attached hydrogen (secondary N) is 2. The molecule has 4 rings (SSSR count). The van der Waals surface area contributed by atoms with Gasteiger partial charge in [-0.1, -0.05) is 60.7 Å². The van der Waals surface area contributed by atoms with Gasteiger partial charge in [-0.2, -0.15) is 0 Å². The van der Waals surface area contributed by atoms with E-state index in [0.29, 0.717) is 32.2 Å². The SMILES string of the molecule is NC(=O)CC[C@H](NC(=O)[C@@H]1CC[C@@H]2CCN(C=O)C[C@H](N)C(=O)N21)C(=O)NC(c1ccccc1)c1ccccc1. The standard InChI is InChI=1S/C29H36N6O5/c30-22-17-34(18-36)16-15-21-11-13-24(35(21)29(22)40)28(39)32-23(12-14-25(31)37)27(38)33-26(19-7-3-1-4-8-19)20-9-5-2-6-10-20/h1-10,18,21-24,26H,11-17,30H2,(H2,31,37)(H,32,39)(H,33,38)/t21-,22+,23+,24+/m1/s1. The van der Waals surface area contributed by atoms with E-state index in [-0.39, 0.29) is 25.4 Å². The van der Waals surface area contributed by atoms with Gasteiger partial charge in [-0.05, 0) is 36.8 Å². The summed E-state index contributed by atoms with van der Waals surface area (Å²) in [7, 11) is 0. The minimum Gasteiger partial charge on any atom is -0.370 e. The topological polar surface area (TPSA) is 168 Å². The number of primary amides is 1. The summed E-state index contributed by atoms with van der Waals surface area (Å²) < 4.78 is 0. The van der Waals surface area contributed by atoms with Crippen LogP contribution >= 0.6 is 0 Å². The lowest BCUT2D eigenvalue weighted by molar-refractivity contribution is -0.144. The first-order chi connectivity index (χ1) is 19.3. The molecule has 2 saturated heterocycles. The Balaban J connectivity index is 1.53. The molecule has 11 nitrogen and oxygen atoms in total. The number of hydrogen-bond acceptors (Lipinski definition) is 6. The van der Waals surface area contributed by atoms with Crippen molar-refractivity contribution in [1.82, 2.24) is 20.4 Å². The monoisotopic (exact) mass is 548 g/mol. The van der Waals surface area contributed by atoms with E-state index in [2.05, 4.69) is 10.6 Å². The molecule has 11 heteroatoms. The lowest BCUT2D eigenvalue weighted by Crippen LogP contribution is -2.60. The number of amides is 5. The van der Waals surface area contributed by atoms with Crippen LogP contribution in [0.1, 0.15) is 49.3 Å². The Morgan fingerprint density at radius 3 is 2.15 bits per heavy atom. The van der Waals surface area contributed by atoms with Crippen LogP contribution in [0, 0.1) is 0 Å². The van der Waals surface area contributed by atoms with Crippen molar-refractivity contribution in [2.45, 2.75) is 62.3 Å². The molecule has 0 aliphatic carbocycles. The van der Waals surface area contributed by atoms with Crippen molar-refractivity contribution in [3.05, 3.63) is 71.8 Å². The van der Waals surface area contributed by atoms with Crippen LogP contribution in [0.4, 0.5) is 0 Å². The van der Waals surface area contributed by atoms with Crippen molar-refractivity contribution in [1.29, 1.82) is 0 Å². The van der Waals surface area contributed by atoms with Gasteiger partial charge in [0.2, 0.25) is 30.0 Å². The molecule has 0 spiro atoms. The third kappa shape index (κ3) is 6.84. The van der Waals surface area contributed by atoms with E-state index in [1.807, 2.05) is 60.7 Å². The number of carbonyl (C=O) groups excluding carboxylic acids is 5. The van der Waals surface area contributed by atoms with Crippen LogP contribution in [-0.2, 0) is 24.0 Å². The van der Waals surface area contributed by atoms with Crippen molar-refractivity contribution >= 4 is 30.0 Å². The number of nitrogens with zero attached hydrogens (tertiary/aromatic N) is 2. The molecule has 0 saturated carbocycles. The van der Waals surface area contributed by atoms with Gasteiger partial charge in [-0.25, -0.2) is 0 Å². The molecule has 40 heavy (non-hydrogen) atoms. The summed E-state index contributed by atoms with van der Waals surface area (Å²) in [5, 5.41) is 5.81. The average Bonchev–Trinajstić information content (AvgIpc) is 3.39. The van der Waals surface area contributed by atoms with Gasteiger partial charge in [0, 0.05) is 25.6 Å². The van der Waals surface area contributed by atoms with Crippen molar-refractivity contribution in [3.63, 3.8) is 0 Å². The number of hydrogen-bond donors (Lipinski definition) is 4. The van der Waals surface area contributed by atoms with Crippen LogP contribution in [0.2, 0.25) is 0 Å². The maximum atomic E-state index is 13.6. The molecular formula is C29H36N6O5. The predicted molar refractivity (Wildman–Crippen MR) is 147 cm³/mol. The van der Waals surface area contributed by atoms with Crippen LogP contribution in [0.15, 0.2) is 60.7 Å². The highest BCUT2D eigenvalue weighted by Gasteiger charge is 2.44. The second-order valence-electron chi connectivity index (χ2n) is 10.3. The summed E-state index contributed by atoms with van der Waals surface area (Å²) in [5.74, 6) is -1.96. The molecule has 0 radical (unpaired) electrons. The molecule has 212 valence electrons. The molecule has 0 bridgehead atoms. The summed E-state index contributed by atoms with van der Waals surface area (Å²) in [4.78, 5) is 66.3. The predicted octanol–water partition coefficient (Wildman–Crippen LogP) is 0.192. The Morgan fingerprint density at radius 1 is 0.950 bits per heavy atom. The molecule has 2 heterocycles. The summed E-state index contributed by atoms with van der Waals surface area (Å²) >= 11 is 0. The van der Waals surface area contributed by atoms with Gasteiger partial charge in [0.15, 0.2) is 0 Å². The first-order valence-electron chi connectivity index (χ1n) is 13.5. The molecule has 5 amide bonds. The van der Waals surface area contributed by atoms with Crippen LogP contribution < -0.4 is 22.1 Å².